The zero-order chi connectivity index (χ0) is 24.8. The number of nitriles is 1. The summed E-state index contributed by atoms with van der Waals surface area (Å²) in [4.78, 5) is 16.2. The molecule has 2 aromatic carbocycles. The average Bonchev–Trinajstić information content (AvgIpc) is 3.29. The average molecular weight is 483 g/mol. The molecule has 3 aliphatic heterocycles. The van der Waals surface area contributed by atoms with Crippen molar-refractivity contribution in [2.45, 2.75) is 32.2 Å². The SMILES string of the molecule is COc1nc(C)c2nc(-c3cccc(C#N)c3)n(Cc3ccc(C4CN5CCC4CC5)cc3F)c2n1. The van der Waals surface area contributed by atoms with Gasteiger partial charge in [-0.05, 0) is 68.5 Å². The molecule has 0 spiro atoms. The first-order valence-electron chi connectivity index (χ1n) is 12.3. The van der Waals surface area contributed by atoms with Gasteiger partial charge in [0.05, 0.1) is 31.0 Å². The van der Waals surface area contributed by atoms with Gasteiger partial charge in [0, 0.05) is 17.7 Å². The van der Waals surface area contributed by atoms with Crippen LogP contribution in [0.5, 0.6) is 6.01 Å². The summed E-state index contributed by atoms with van der Waals surface area (Å²) in [5.41, 5.74) is 4.80. The molecule has 2 bridgehead atoms. The molecule has 0 amide bonds. The van der Waals surface area contributed by atoms with E-state index in [1.807, 2.05) is 29.7 Å². The summed E-state index contributed by atoms with van der Waals surface area (Å²) in [6, 6.07) is 15.4. The van der Waals surface area contributed by atoms with E-state index in [4.69, 9.17) is 9.72 Å². The Labute approximate surface area is 209 Å². The molecule has 0 N–H and O–H groups in total. The second kappa shape index (κ2) is 8.99. The van der Waals surface area contributed by atoms with Crippen LogP contribution < -0.4 is 4.74 Å². The fourth-order valence-corrected chi connectivity index (χ4v) is 5.74. The lowest BCUT2D eigenvalue weighted by Gasteiger charge is -2.45. The number of aryl methyl sites for hydroxylation is 1. The number of piperidine rings is 3. The summed E-state index contributed by atoms with van der Waals surface area (Å²) in [5.74, 6) is 1.42. The van der Waals surface area contributed by atoms with E-state index in [2.05, 4.69) is 27.0 Å². The highest BCUT2D eigenvalue weighted by molar-refractivity contribution is 5.80. The van der Waals surface area contributed by atoms with E-state index in [9.17, 15) is 5.26 Å². The maximum absolute atomic E-state index is 15.6. The van der Waals surface area contributed by atoms with Gasteiger partial charge in [-0.15, -0.1) is 0 Å². The van der Waals surface area contributed by atoms with E-state index in [-0.39, 0.29) is 18.4 Å². The lowest BCUT2D eigenvalue weighted by molar-refractivity contribution is 0.0870. The minimum atomic E-state index is -0.222. The zero-order valence-electron chi connectivity index (χ0n) is 20.4. The molecule has 1 unspecified atom stereocenters. The van der Waals surface area contributed by atoms with Crippen molar-refractivity contribution >= 4 is 11.2 Å². The Kier molecular flexibility index (Phi) is 5.65. The van der Waals surface area contributed by atoms with Gasteiger partial charge >= 0.3 is 6.01 Å². The maximum Gasteiger partial charge on any atom is 0.318 e. The molecule has 4 aromatic rings. The minimum absolute atomic E-state index is 0.222. The topological polar surface area (TPSA) is 79.9 Å². The van der Waals surface area contributed by atoms with E-state index < -0.39 is 0 Å². The van der Waals surface area contributed by atoms with Crippen molar-refractivity contribution in [3.8, 4) is 23.5 Å². The zero-order valence-corrected chi connectivity index (χ0v) is 20.4. The number of benzene rings is 2. The molecule has 0 radical (unpaired) electrons. The Morgan fingerprint density at radius 3 is 2.64 bits per heavy atom. The van der Waals surface area contributed by atoms with Crippen LogP contribution in [-0.4, -0.2) is 51.2 Å². The quantitative estimate of drug-likeness (QED) is 0.411. The molecule has 2 aromatic heterocycles. The number of aromatic nitrogens is 4. The molecule has 5 heterocycles. The summed E-state index contributed by atoms with van der Waals surface area (Å²) in [5, 5.41) is 9.41. The van der Waals surface area contributed by atoms with E-state index in [1.54, 1.807) is 18.2 Å². The molecular weight excluding hydrogens is 455 g/mol. The van der Waals surface area contributed by atoms with Gasteiger partial charge < -0.3 is 14.2 Å². The van der Waals surface area contributed by atoms with Crippen LogP contribution in [0.4, 0.5) is 4.39 Å². The molecule has 182 valence electrons. The fourth-order valence-electron chi connectivity index (χ4n) is 5.74. The Morgan fingerprint density at radius 1 is 1.11 bits per heavy atom. The number of imidazole rings is 1. The Bertz CT molecular complexity index is 1500. The van der Waals surface area contributed by atoms with Crippen LogP contribution in [-0.2, 0) is 6.54 Å². The summed E-state index contributed by atoms with van der Waals surface area (Å²) in [6.45, 7) is 5.44. The van der Waals surface area contributed by atoms with Gasteiger partial charge in [-0.25, -0.2) is 9.37 Å². The Morgan fingerprint density at radius 2 is 1.94 bits per heavy atom. The highest BCUT2D eigenvalue weighted by Crippen LogP contribution is 2.39. The predicted molar refractivity (Wildman–Crippen MR) is 134 cm³/mol. The number of nitrogens with zero attached hydrogens (tertiary/aromatic N) is 6. The fraction of sp³-hybridized carbons (Fsp3) is 0.357. The lowest BCUT2D eigenvalue weighted by Crippen LogP contribution is -2.46. The van der Waals surface area contributed by atoms with Gasteiger partial charge in [0.2, 0.25) is 0 Å². The van der Waals surface area contributed by atoms with Crippen LogP contribution in [0.15, 0.2) is 42.5 Å². The van der Waals surface area contributed by atoms with Crippen molar-refractivity contribution in [3.63, 3.8) is 0 Å². The smallest absolute Gasteiger partial charge is 0.318 e. The summed E-state index contributed by atoms with van der Waals surface area (Å²) in [6.07, 6.45) is 2.39. The van der Waals surface area contributed by atoms with Crippen LogP contribution in [0.1, 0.15) is 41.1 Å². The first-order chi connectivity index (χ1) is 17.5. The lowest BCUT2D eigenvalue weighted by atomic mass is 9.75. The number of hydrogen-bond acceptors (Lipinski definition) is 6. The largest absolute Gasteiger partial charge is 0.467 e. The van der Waals surface area contributed by atoms with Gasteiger partial charge in [-0.2, -0.15) is 15.2 Å². The van der Waals surface area contributed by atoms with E-state index >= 15 is 4.39 Å². The van der Waals surface area contributed by atoms with Crippen LogP contribution in [0.2, 0.25) is 0 Å². The van der Waals surface area contributed by atoms with Gasteiger partial charge in [0.25, 0.3) is 0 Å². The van der Waals surface area contributed by atoms with Crippen LogP contribution in [0.3, 0.4) is 0 Å². The number of halogens is 1. The third-order valence-corrected chi connectivity index (χ3v) is 7.67. The third kappa shape index (κ3) is 3.90. The third-order valence-electron chi connectivity index (χ3n) is 7.67. The molecular formula is C28H27FN6O. The first kappa shape index (κ1) is 22.6. The summed E-state index contributed by atoms with van der Waals surface area (Å²) >= 11 is 0. The molecule has 8 heteroatoms. The molecule has 3 aliphatic rings. The summed E-state index contributed by atoms with van der Waals surface area (Å²) in [7, 11) is 1.52. The van der Waals surface area contributed by atoms with Gasteiger partial charge in [0.1, 0.15) is 17.2 Å². The van der Waals surface area contributed by atoms with Crippen LogP contribution in [0, 0.1) is 30.0 Å². The van der Waals surface area contributed by atoms with E-state index in [1.165, 1.54) is 20.0 Å². The molecule has 3 saturated heterocycles. The number of ether oxygens (including phenoxy) is 1. The molecule has 0 aliphatic carbocycles. The molecule has 0 saturated carbocycles. The van der Waals surface area contributed by atoms with E-state index in [0.29, 0.717) is 45.6 Å². The van der Waals surface area contributed by atoms with Crippen molar-refractivity contribution in [3.05, 3.63) is 70.7 Å². The van der Waals surface area contributed by atoms with Gasteiger partial charge in [0.15, 0.2) is 5.65 Å². The van der Waals surface area contributed by atoms with Crippen LogP contribution >= 0.6 is 0 Å². The van der Waals surface area contributed by atoms with Crippen molar-refractivity contribution in [2.75, 3.05) is 26.7 Å². The number of fused-ring (bicyclic) bond motifs is 4. The Hall–Kier alpha value is -3.83. The highest BCUT2D eigenvalue weighted by Gasteiger charge is 2.35. The maximum atomic E-state index is 15.6. The van der Waals surface area contributed by atoms with Crippen molar-refractivity contribution in [1.29, 1.82) is 5.26 Å². The molecule has 7 rings (SSSR count). The minimum Gasteiger partial charge on any atom is -0.467 e. The number of rotatable bonds is 5. The van der Waals surface area contributed by atoms with Crippen LogP contribution in [0.25, 0.3) is 22.6 Å². The van der Waals surface area contributed by atoms with Gasteiger partial charge in [-0.1, -0.05) is 24.3 Å². The molecule has 1 atom stereocenters. The predicted octanol–water partition coefficient (Wildman–Crippen LogP) is 4.68. The van der Waals surface area contributed by atoms with Crippen molar-refractivity contribution in [1.82, 2.24) is 24.4 Å². The molecule has 7 nitrogen and oxygen atoms in total. The Balaban J connectivity index is 1.43. The van der Waals surface area contributed by atoms with Crippen molar-refractivity contribution in [2.24, 2.45) is 5.92 Å². The monoisotopic (exact) mass is 482 g/mol. The standard InChI is InChI=1S/C28H27FN6O/c1-17-25-27(33-28(31-17)36-2)35(26(32-25)21-5-3-4-18(12-21)14-30)15-22-7-6-20(13-24(22)29)23-16-34-10-8-19(23)9-11-34/h3-7,12-13,19,23H,8-11,15-16H2,1-2H3. The highest BCUT2D eigenvalue weighted by atomic mass is 19.1. The molecule has 3 fully saturated rings. The second-order valence-corrected chi connectivity index (χ2v) is 9.78. The molecule has 36 heavy (non-hydrogen) atoms. The van der Waals surface area contributed by atoms with Crippen molar-refractivity contribution < 1.29 is 9.13 Å². The normalized spacial score (nSPS) is 21.0. The number of methoxy groups -OCH3 is 1. The summed E-state index contributed by atoms with van der Waals surface area (Å²) < 4.78 is 22.8. The second-order valence-electron chi connectivity index (χ2n) is 9.78. The van der Waals surface area contributed by atoms with Gasteiger partial charge in [-0.3, -0.25) is 0 Å². The first-order valence-corrected chi connectivity index (χ1v) is 12.3. The number of hydrogen-bond donors (Lipinski definition) is 0. The van der Waals surface area contributed by atoms with E-state index in [0.717, 1.165) is 30.8 Å².